The van der Waals surface area contributed by atoms with E-state index in [0.29, 0.717) is 31.0 Å². The molecule has 1 N–H and O–H groups in total. The van der Waals surface area contributed by atoms with E-state index < -0.39 is 29.6 Å². The maximum atomic E-state index is 14.3. The van der Waals surface area contributed by atoms with Gasteiger partial charge < -0.3 is 19.9 Å². The SMILES string of the molecule is CN(C(=O)[C@H](CC1CC1)N1CCOC1=O)[C@@H](CC(C)(C)C)C(=O)N1C[C@]2(C[C@H]1C#N)C(=O)Nc1ccccc12. The third-order valence-corrected chi connectivity index (χ3v) is 8.53. The molecule has 5 rings (SSSR count). The first-order valence-electron chi connectivity index (χ1n) is 13.8. The second-order valence-corrected chi connectivity index (χ2v) is 12.6. The van der Waals surface area contributed by atoms with Gasteiger partial charge in [-0.25, -0.2) is 4.79 Å². The molecule has 208 valence electrons. The second-order valence-electron chi connectivity index (χ2n) is 12.6. The van der Waals surface area contributed by atoms with E-state index in [1.165, 1.54) is 14.7 Å². The molecular formula is C29H37N5O5. The summed E-state index contributed by atoms with van der Waals surface area (Å²) in [5, 5.41) is 13.0. The first kappa shape index (κ1) is 27.0. The molecular weight excluding hydrogens is 498 g/mol. The van der Waals surface area contributed by atoms with Gasteiger partial charge in [0.05, 0.1) is 18.0 Å². The van der Waals surface area contributed by atoms with Crippen molar-refractivity contribution >= 4 is 29.5 Å². The maximum Gasteiger partial charge on any atom is 0.410 e. The quantitative estimate of drug-likeness (QED) is 0.573. The number of para-hydroxylation sites is 1. The summed E-state index contributed by atoms with van der Waals surface area (Å²) >= 11 is 0. The van der Waals surface area contributed by atoms with E-state index in [-0.39, 0.29) is 42.7 Å². The fraction of sp³-hybridized carbons (Fsp3) is 0.621. The molecule has 2 saturated heterocycles. The number of rotatable bonds is 7. The first-order valence-corrected chi connectivity index (χ1v) is 13.8. The monoisotopic (exact) mass is 535 g/mol. The molecule has 1 aliphatic carbocycles. The molecule has 1 aromatic rings. The average Bonchev–Trinajstić information content (AvgIpc) is 3.37. The number of benzene rings is 1. The number of likely N-dealkylation sites (N-methyl/N-ethyl adjacent to an activating group) is 1. The van der Waals surface area contributed by atoms with Crippen molar-refractivity contribution in [1.29, 1.82) is 5.26 Å². The summed E-state index contributed by atoms with van der Waals surface area (Å²) in [4.78, 5) is 58.4. The molecule has 10 heteroatoms. The number of nitrogens with one attached hydrogen (secondary N) is 1. The summed E-state index contributed by atoms with van der Waals surface area (Å²) in [5.74, 6) is -0.488. The van der Waals surface area contributed by atoms with Gasteiger partial charge in [-0.15, -0.1) is 0 Å². The molecule has 10 nitrogen and oxygen atoms in total. The average molecular weight is 536 g/mol. The van der Waals surface area contributed by atoms with Crippen LogP contribution in [0.2, 0.25) is 0 Å². The molecule has 1 saturated carbocycles. The fourth-order valence-corrected chi connectivity index (χ4v) is 6.26. The minimum atomic E-state index is -1.00. The summed E-state index contributed by atoms with van der Waals surface area (Å²) in [6, 6.07) is 7.27. The fourth-order valence-electron chi connectivity index (χ4n) is 6.26. The van der Waals surface area contributed by atoms with Gasteiger partial charge in [0, 0.05) is 25.7 Å². The van der Waals surface area contributed by atoms with Crippen LogP contribution >= 0.6 is 0 Å². The molecule has 4 atom stereocenters. The lowest BCUT2D eigenvalue weighted by Crippen LogP contribution is -2.57. The predicted molar refractivity (Wildman–Crippen MR) is 142 cm³/mol. The zero-order chi connectivity index (χ0) is 28.1. The Morgan fingerprint density at radius 3 is 2.59 bits per heavy atom. The van der Waals surface area contributed by atoms with Gasteiger partial charge in [0.1, 0.15) is 24.7 Å². The number of fused-ring (bicyclic) bond motifs is 2. The molecule has 1 aromatic carbocycles. The Hall–Kier alpha value is -3.61. The first-order chi connectivity index (χ1) is 18.4. The summed E-state index contributed by atoms with van der Waals surface area (Å²) in [6.45, 7) is 6.65. The molecule has 3 aliphatic heterocycles. The highest BCUT2D eigenvalue weighted by Crippen LogP contribution is 2.46. The van der Waals surface area contributed by atoms with Gasteiger partial charge in [-0.2, -0.15) is 5.26 Å². The summed E-state index contributed by atoms with van der Waals surface area (Å²) in [6.07, 6.45) is 2.63. The van der Waals surface area contributed by atoms with Crippen molar-refractivity contribution in [3.8, 4) is 6.07 Å². The van der Waals surface area contributed by atoms with Crippen LogP contribution in [-0.2, 0) is 24.5 Å². The van der Waals surface area contributed by atoms with Crippen molar-refractivity contribution in [1.82, 2.24) is 14.7 Å². The second kappa shape index (κ2) is 9.85. The standard InChI is InChI=1S/C29H37N5O5/c1-28(2,3)15-23(32(4)24(35)22(13-18-9-10-18)33-11-12-39-27(33)38)25(36)34-17-29(14-19(34)16-30)20-7-5-6-8-21(20)31-26(29)37/h5-8,18-19,22-23H,9-15,17H2,1-4H3,(H,31,37)/t19-,22-,23-,29-/m0/s1. The van der Waals surface area contributed by atoms with E-state index in [4.69, 9.17) is 4.74 Å². The molecule has 0 radical (unpaired) electrons. The minimum Gasteiger partial charge on any atom is -0.448 e. The number of amides is 4. The number of likely N-dealkylation sites (tertiary alicyclic amines) is 1. The van der Waals surface area contributed by atoms with Crippen LogP contribution in [0, 0.1) is 22.7 Å². The van der Waals surface area contributed by atoms with E-state index >= 15 is 0 Å². The number of nitrogens with zero attached hydrogens (tertiary/aromatic N) is 4. The molecule has 1 spiro atoms. The third-order valence-electron chi connectivity index (χ3n) is 8.53. The highest BCUT2D eigenvalue weighted by Gasteiger charge is 2.57. The lowest BCUT2D eigenvalue weighted by Gasteiger charge is -2.38. The maximum absolute atomic E-state index is 14.3. The van der Waals surface area contributed by atoms with Crippen molar-refractivity contribution in [2.75, 3.05) is 32.1 Å². The van der Waals surface area contributed by atoms with E-state index in [9.17, 15) is 24.4 Å². The van der Waals surface area contributed by atoms with Crippen LogP contribution in [0.5, 0.6) is 0 Å². The van der Waals surface area contributed by atoms with E-state index in [1.807, 2.05) is 45.0 Å². The molecule has 0 unspecified atom stereocenters. The Kier molecular flexibility index (Phi) is 6.81. The van der Waals surface area contributed by atoms with Crippen LogP contribution < -0.4 is 5.32 Å². The summed E-state index contributed by atoms with van der Waals surface area (Å²) in [7, 11) is 1.61. The van der Waals surface area contributed by atoms with Crippen molar-refractivity contribution in [3.05, 3.63) is 29.8 Å². The number of nitriles is 1. The zero-order valence-corrected chi connectivity index (χ0v) is 23.1. The van der Waals surface area contributed by atoms with Crippen LogP contribution in [0.1, 0.15) is 58.4 Å². The molecule has 0 bridgehead atoms. The number of carbonyl (C=O) groups is 4. The smallest absolute Gasteiger partial charge is 0.410 e. The topological polar surface area (TPSA) is 123 Å². The van der Waals surface area contributed by atoms with Crippen LogP contribution in [0.25, 0.3) is 0 Å². The van der Waals surface area contributed by atoms with Gasteiger partial charge in [0.25, 0.3) is 0 Å². The number of cyclic esters (lactones) is 1. The van der Waals surface area contributed by atoms with Crippen molar-refractivity contribution in [3.63, 3.8) is 0 Å². The van der Waals surface area contributed by atoms with Crippen molar-refractivity contribution in [2.45, 2.75) is 76.4 Å². The van der Waals surface area contributed by atoms with Gasteiger partial charge in [0.15, 0.2) is 0 Å². The number of hydrogen-bond acceptors (Lipinski definition) is 6. The molecule has 3 heterocycles. The van der Waals surface area contributed by atoms with Gasteiger partial charge in [-0.1, -0.05) is 51.8 Å². The van der Waals surface area contributed by atoms with Crippen LogP contribution in [-0.4, -0.2) is 83.4 Å². The van der Waals surface area contributed by atoms with E-state index in [1.54, 1.807) is 7.05 Å². The number of anilines is 1. The number of hydrogen-bond donors (Lipinski definition) is 1. The van der Waals surface area contributed by atoms with Gasteiger partial charge >= 0.3 is 6.09 Å². The van der Waals surface area contributed by atoms with Gasteiger partial charge in [-0.05, 0) is 35.8 Å². The van der Waals surface area contributed by atoms with E-state index in [2.05, 4.69) is 11.4 Å². The van der Waals surface area contributed by atoms with Crippen molar-refractivity contribution < 1.29 is 23.9 Å². The molecule has 4 aliphatic rings. The van der Waals surface area contributed by atoms with Crippen LogP contribution in [0.4, 0.5) is 10.5 Å². The van der Waals surface area contributed by atoms with Crippen molar-refractivity contribution in [2.24, 2.45) is 11.3 Å². The Balaban J connectivity index is 1.44. The Bertz CT molecular complexity index is 1230. The lowest BCUT2D eigenvalue weighted by molar-refractivity contribution is -0.148. The Morgan fingerprint density at radius 1 is 1.26 bits per heavy atom. The lowest BCUT2D eigenvalue weighted by atomic mass is 9.80. The molecule has 39 heavy (non-hydrogen) atoms. The largest absolute Gasteiger partial charge is 0.448 e. The Morgan fingerprint density at radius 2 is 1.97 bits per heavy atom. The van der Waals surface area contributed by atoms with Crippen LogP contribution in [0.15, 0.2) is 24.3 Å². The summed E-state index contributed by atoms with van der Waals surface area (Å²) < 4.78 is 5.14. The third kappa shape index (κ3) is 4.95. The number of carbonyl (C=O) groups excluding carboxylic acids is 4. The highest BCUT2D eigenvalue weighted by molar-refractivity contribution is 6.07. The van der Waals surface area contributed by atoms with E-state index in [0.717, 1.165) is 18.4 Å². The molecule has 4 amide bonds. The zero-order valence-electron chi connectivity index (χ0n) is 23.1. The predicted octanol–water partition coefficient (Wildman–Crippen LogP) is 2.89. The molecule has 0 aromatic heterocycles. The van der Waals surface area contributed by atoms with Crippen LogP contribution in [0.3, 0.4) is 0 Å². The highest BCUT2D eigenvalue weighted by atomic mass is 16.6. The van der Waals surface area contributed by atoms with Gasteiger partial charge in [-0.3, -0.25) is 19.3 Å². The normalized spacial score (nSPS) is 25.7. The Labute approximate surface area is 229 Å². The minimum absolute atomic E-state index is 0.0690. The number of ether oxygens (including phenoxy) is 1. The van der Waals surface area contributed by atoms with Gasteiger partial charge in [0.2, 0.25) is 17.7 Å². The summed E-state index contributed by atoms with van der Waals surface area (Å²) in [5.41, 5.74) is 0.173. The molecule has 3 fully saturated rings.